The average Bonchev–Trinajstić information content (AvgIpc) is 2.78. The van der Waals surface area contributed by atoms with Crippen LogP contribution in [-0.4, -0.2) is 9.55 Å². The lowest BCUT2D eigenvalue weighted by atomic mass is 10.1. The molecule has 2 rings (SSSR count). The highest BCUT2D eigenvalue weighted by Gasteiger charge is 1.96. The number of aryl methyl sites for hydroxylation is 2. The predicted octanol–water partition coefficient (Wildman–Crippen LogP) is 2.40. The van der Waals surface area contributed by atoms with Crippen LogP contribution in [0.25, 0.3) is 0 Å². The van der Waals surface area contributed by atoms with E-state index < -0.39 is 0 Å². The second-order valence-corrected chi connectivity index (χ2v) is 3.90. The molecule has 17 heavy (non-hydrogen) atoms. The van der Waals surface area contributed by atoms with Crippen molar-refractivity contribution in [3.05, 3.63) is 54.1 Å². The summed E-state index contributed by atoms with van der Waals surface area (Å²) in [6, 6.07) is 10.5. The van der Waals surface area contributed by atoms with Crippen LogP contribution in [0.1, 0.15) is 17.7 Å². The van der Waals surface area contributed by atoms with Crippen molar-refractivity contribution in [2.75, 3.05) is 0 Å². The quantitative estimate of drug-likeness (QED) is 0.887. The first-order valence-electron chi connectivity index (χ1n) is 5.63. The summed E-state index contributed by atoms with van der Waals surface area (Å²) in [5.74, 6) is 0. The number of hydrogen-bond acceptors (Lipinski definition) is 2. The fourth-order valence-electron chi connectivity index (χ4n) is 1.74. The van der Waals surface area contributed by atoms with Crippen molar-refractivity contribution in [1.29, 1.82) is 0 Å². The third-order valence-electron chi connectivity index (χ3n) is 2.62. The van der Waals surface area contributed by atoms with Crippen LogP contribution in [0.4, 0.5) is 0 Å². The van der Waals surface area contributed by atoms with E-state index in [0.717, 1.165) is 25.1 Å². The standard InChI is InChI=1S/C13H17N3.ClH/c14-9-13-10-16(11-15-13)8-4-7-12-5-2-1-3-6-12;/h1-3,5-6,10-11H,4,7-9,14H2;1H. The van der Waals surface area contributed by atoms with Crippen molar-refractivity contribution in [1.82, 2.24) is 9.55 Å². The van der Waals surface area contributed by atoms with Crippen LogP contribution in [0.5, 0.6) is 0 Å². The Morgan fingerprint density at radius 1 is 1.18 bits per heavy atom. The molecule has 0 amide bonds. The normalized spacial score (nSPS) is 9.94. The van der Waals surface area contributed by atoms with Crippen LogP contribution in [0.3, 0.4) is 0 Å². The predicted molar refractivity (Wildman–Crippen MR) is 72.1 cm³/mol. The van der Waals surface area contributed by atoms with E-state index in [4.69, 9.17) is 5.73 Å². The molecule has 0 saturated carbocycles. The third-order valence-corrected chi connectivity index (χ3v) is 2.62. The highest BCUT2D eigenvalue weighted by Crippen LogP contribution is 2.04. The highest BCUT2D eigenvalue weighted by molar-refractivity contribution is 5.85. The molecule has 1 heterocycles. The number of hydrogen-bond donors (Lipinski definition) is 1. The molecular formula is C13H18ClN3. The Morgan fingerprint density at radius 2 is 1.94 bits per heavy atom. The van der Waals surface area contributed by atoms with Crippen LogP contribution in [0, 0.1) is 0 Å². The van der Waals surface area contributed by atoms with Crippen LogP contribution in [0.15, 0.2) is 42.9 Å². The second-order valence-electron chi connectivity index (χ2n) is 3.90. The molecule has 0 fully saturated rings. The first-order chi connectivity index (χ1) is 7.88. The number of benzene rings is 1. The SMILES string of the molecule is Cl.NCc1cn(CCCc2ccccc2)cn1. The van der Waals surface area contributed by atoms with Gasteiger partial charge in [0.15, 0.2) is 0 Å². The van der Waals surface area contributed by atoms with Gasteiger partial charge in [-0.1, -0.05) is 30.3 Å². The van der Waals surface area contributed by atoms with Gasteiger partial charge in [0.25, 0.3) is 0 Å². The first-order valence-corrected chi connectivity index (χ1v) is 5.63. The molecule has 0 atom stereocenters. The molecule has 0 radical (unpaired) electrons. The minimum Gasteiger partial charge on any atom is -0.337 e. The maximum absolute atomic E-state index is 5.51. The summed E-state index contributed by atoms with van der Waals surface area (Å²) in [6.45, 7) is 1.52. The van der Waals surface area contributed by atoms with Gasteiger partial charge in [-0.2, -0.15) is 0 Å². The Balaban J connectivity index is 0.00000144. The van der Waals surface area contributed by atoms with E-state index in [1.54, 1.807) is 0 Å². The Kier molecular flexibility index (Phi) is 5.73. The summed E-state index contributed by atoms with van der Waals surface area (Å²) in [7, 11) is 0. The molecule has 1 aromatic carbocycles. The summed E-state index contributed by atoms with van der Waals surface area (Å²) in [6.07, 6.45) is 6.11. The number of aromatic nitrogens is 2. The van der Waals surface area contributed by atoms with Gasteiger partial charge < -0.3 is 10.3 Å². The molecule has 4 heteroatoms. The molecule has 0 aliphatic rings. The van der Waals surface area contributed by atoms with E-state index in [1.165, 1.54) is 5.56 Å². The van der Waals surface area contributed by atoms with Crippen LogP contribution < -0.4 is 5.73 Å². The van der Waals surface area contributed by atoms with Gasteiger partial charge in [0.1, 0.15) is 0 Å². The van der Waals surface area contributed by atoms with E-state index in [1.807, 2.05) is 18.6 Å². The van der Waals surface area contributed by atoms with Crippen LogP contribution in [-0.2, 0) is 19.5 Å². The Hall–Kier alpha value is -1.32. The van der Waals surface area contributed by atoms with E-state index in [-0.39, 0.29) is 12.4 Å². The van der Waals surface area contributed by atoms with Gasteiger partial charge in [0.2, 0.25) is 0 Å². The zero-order chi connectivity index (χ0) is 11.2. The lowest BCUT2D eigenvalue weighted by Gasteiger charge is -2.02. The smallest absolute Gasteiger partial charge is 0.0949 e. The van der Waals surface area contributed by atoms with Gasteiger partial charge in [0, 0.05) is 19.3 Å². The van der Waals surface area contributed by atoms with Crippen LogP contribution in [0.2, 0.25) is 0 Å². The van der Waals surface area contributed by atoms with E-state index in [0.29, 0.717) is 6.54 Å². The van der Waals surface area contributed by atoms with Gasteiger partial charge in [0.05, 0.1) is 12.0 Å². The van der Waals surface area contributed by atoms with Crippen molar-refractivity contribution in [2.24, 2.45) is 5.73 Å². The van der Waals surface area contributed by atoms with Gasteiger partial charge in [-0.25, -0.2) is 4.98 Å². The van der Waals surface area contributed by atoms with Gasteiger partial charge in [-0.15, -0.1) is 12.4 Å². The number of nitrogens with zero attached hydrogens (tertiary/aromatic N) is 2. The van der Waals surface area contributed by atoms with Crippen LogP contribution >= 0.6 is 12.4 Å². The zero-order valence-corrected chi connectivity index (χ0v) is 10.6. The molecule has 0 saturated heterocycles. The van der Waals surface area contributed by atoms with Crippen molar-refractivity contribution in [3.8, 4) is 0 Å². The minimum atomic E-state index is 0. The van der Waals surface area contributed by atoms with Gasteiger partial charge in [-0.3, -0.25) is 0 Å². The first kappa shape index (κ1) is 13.7. The number of imidazole rings is 1. The topological polar surface area (TPSA) is 43.8 Å². The Labute approximate surface area is 108 Å². The summed E-state index contributed by atoms with van der Waals surface area (Å²) in [5, 5.41) is 0. The summed E-state index contributed by atoms with van der Waals surface area (Å²) in [4.78, 5) is 4.20. The summed E-state index contributed by atoms with van der Waals surface area (Å²) >= 11 is 0. The van der Waals surface area contributed by atoms with Crippen molar-refractivity contribution in [2.45, 2.75) is 25.9 Å². The fourth-order valence-corrected chi connectivity index (χ4v) is 1.74. The number of rotatable bonds is 5. The summed E-state index contributed by atoms with van der Waals surface area (Å²) < 4.78 is 2.10. The lowest BCUT2D eigenvalue weighted by molar-refractivity contribution is 0.641. The molecule has 0 aliphatic carbocycles. The van der Waals surface area contributed by atoms with Gasteiger partial charge >= 0.3 is 0 Å². The molecular weight excluding hydrogens is 234 g/mol. The summed E-state index contributed by atoms with van der Waals surface area (Å²) in [5.41, 5.74) is 7.86. The van der Waals surface area contributed by atoms with E-state index >= 15 is 0 Å². The molecule has 0 aliphatic heterocycles. The second kappa shape index (κ2) is 7.09. The van der Waals surface area contributed by atoms with Crippen molar-refractivity contribution in [3.63, 3.8) is 0 Å². The largest absolute Gasteiger partial charge is 0.337 e. The van der Waals surface area contributed by atoms with E-state index in [2.05, 4.69) is 33.8 Å². The third kappa shape index (κ3) is 4.21. The monoisotopic (exact) mass is 251 g/mol. The highest BCUT2D eigenvalue weighted by atomic mass is 35.5. The van der Waals surface area contributed by atoms with Crippen molar-refractivity contribution < 1.29 is 0 Å². The molecule has 1 aromatic heterocycles. The van der Waals surface area contributed by atoms with E-state index in [9.17, 15) is 0 Å². The molecule has 92 valence electrons. The van der Waals surface area contributed by atoms with Gasteiger partial charge in [-0.05, 0) is 18.4 Å². The molecule has 2 N–H and O–H groups in total. The zero-order valence-electron chi connectivity index (χ0n) is 9.75. The minimum absolute atomic E-state index is 0. The molecule has 2 aromatic rings. The average molecular weight is 252 g/mol. The molecule has 3 nitrogen and oxygen atoms in total. The Morgan fingerprint density at radius 3 is 2.59 bits per heavy atom. The number of halogens is 1. The number of nitrogens with two attached hydrogens (primary N) is 1. The Bertz CT molecular complexity index is 425. The molecule has 0 bridgehead atoms. The molecule has 0 spiro atoms. The maximum atomic E-state index is 5.51. The van der Waals surface area contributed by atoms with Crippen molar-refractivity contribution >= 4 is 12.4 Å². The lowest BCUT2D eigenvalue weighted by Crippen LogP contribution is -1.98. The molecule has 0 unspecified atom stereocenters. The maximum Gasteiger partial charge on any atom is 0.0949 e. The fraction of sp³-hybridized carbons (Fsp3) is 0.308.